The van der Waals surface area contributed by atoms with Crippen LogP contribution in [0.1, 0.15) is 21.7 Å². The van der Waals surface area contributed by atoms with Crippen LogP contribution in [0.5, 0.6) is 0 Å². The Morgan fingerprint density at radius 3 is 2.48 bits per heavy atom. The lowest BCUT2D eigenvalue weighted by atomic mass is 10.0. The maximum Gasteiger partial charge on any atom is 0.287 e. The highest BCUT2D eigenvalue weighted by atomic mass is 35.5. The fourth-order valence-electron chi connectivity index (χ4n) is 4.37. The molecule has 1 amide bonds. The molecule has 8 nitrogen and oxygen atoms in total. The highest BCUT2D eigenvalue weighted by Crippen LogP contribution is 2.28. The molecule has 40 heavy (non-hydrogen) atoms. The maximum atomic E-state index is 12.6. The van der Waals surface area contributed by atoms with E-state index in [4.69, 9.17) is 23.9 Å². The molecule has 0 aliphatic carbocycles. The first kappa shape index (κ1) is 25.4. The van der Waals surface area contributed by atoms with Crippen molar-refractivity contribution in [2.45, 2.75) is 13.1 Å². The van der Waals surface area contributed by atoms with Gasteiger partial charge in [0.05, 0.1) is 11.1 Å². The van der Waals surface area contributed by atoms with E-state index in [0.717, 1.165) is 16.7 Å². The Labute approximate surface area is 235 Å². The van der Waals surface area contributed by atoms with Crippen molar-refractivity contribution in [2.75, 3.05) is 5.32 Å². The molecule has 0 atom stereocenters. The van der Waals surface area contributed by atoms with Gasteiger partial charge in [-0.15, -0.1) is 0 Å². The summed E-state index contributed by atoms with van der Waals surface area (Å²) in [7, 11) is 6.11. The summed E-state index contributed by atoms with van der Waals surface area (Å²) < 4.78 is 7.27. The van der Waals surface area contributed by atoms with E-state index in [1.807, 2.05) is 54.6 Å². The number of aromatic nitrogens is 3. The summed E-state index contributed by atoms with van der Waals surface area (Å²) >= 11 is 6.41. The van der Waals surface area contributed by atoms with Gasteiger partial charge in [0, 0.05) is 42.0 Å². The molecule has 3 aromatic carbocycles. The second-order valence-electron chi connectivity index (χ2n) is 9.17. The topological polar surface area (TPSA) is 102 Å². The summed E-state index contributed by atoms with van der Waals surface area (Å²) in [6, 6.07) is 25.2. The molecular weight excluding hydrogens is 525 g/mol. The lowest BCUT2D eigenvalue weighted by Gasteiger charge is -2.12. The average Bonchev–Trinajstić information content (AvgIpc) is 3.36. The van der Waals surface area contributed by atoms with E-state index < -0.39 is 5.91 Å². The number of rotatable bonds is 7. The van der Waals surface area contributed by atoms with Crippen molar-refractivity contribution < 1.29 is 9.21 Å². The number of nitrogens with one attached hydrogen (secondary N) is 2. The Balaban J connectivity index is 1.14. The number of fused-ring (bicyclic) bond motifs is 2. The molecule has 10 heteroatoms. The Kier molecular flexibility index (Phi) is 6.80. The molecule has 0 saturated heterocycles. The van der Waals surface area contributed by atoms with Gasteiger partial charge in [0.25, 0.3) is 5.91 Å². The summed E-state index contributed by atoms with van der Waals surface area (Å²) in [6.07, 6.45) is 1.57. The monoisotopic (exact) mass is 545 g/mol. The summed E-state index contributed by atoms with van der Waals surface area (Å²) in [5.41, 5.74) is 4.50. The van der Waals surface area contributed by atoms with Crippen LogP contribution in [0.15, 0.2) is 100 Å². The largest absolute Gasteiger partial charge is 0.451 e. The third-order valence-corrected chi connectivity index (χ3v) is 6.79. The number of nitrogens with zero attached hydrogens (tertiary/aromatic N) is 3. The lowest BCUT2D eigenvalue weighted by Crippen LogP contribution is -2.24. The number of carbonyl (C=O) groups is 1. The number of carbonyl (C=O) groups excluding carboxylic acids is 1. The van der Waals surface area contributed by atoms with Gasteiger partial charge in [-0.1, -0.05) is 66.2 Å². The molecule has 0 bridgehead atoms. The van der Waals surface area contributed by atoms with Crippen molar-refractivity contribution in [1.29, 1.82) is 0 Å². The van der Waals surface area contributed by atoms with Gasteiger partial charge in [0.2, 0.25) is 0 Å². The summed E-state index contributed by atoms with van der Waals surface area (Å²) in [4.78, 5) is 29.6. The van der Waals surface area contributed by atoms with Crippen LogP contribution in [0.4, 0.5) is 5.82 Å². The van der Waals surface area contributed by atoms with Gasteiger partial charge in [0.1, 0.15) is 19.2 Å². The molecule has 6 rings (SSSR count). The van der Waals surface area contributed by atoms with Crippen LogP contribution in [0.3, 0.4) is 0 Å². The van der Waals surface area contributed by atoms with E-state index >= 15 is 0 Å². The fourth-order valence-corrected chi connectivity index (χ4v) is 4.60. The molecule has 0 fully saturated rings. The van der Waals surface area contributed by atoms with E-state index in [-0.39, 0.29) is 17.7 Å². The predicted molar refractivity (Wildman–Crippen MR) is 156 cm³/mol. The van der Waals surface area contributed by atoms with Crippen molar-refractivity contribution in [3.63, 3.8) is 0 Å². The summed E-state index contributed by atoms with van der Waals surface area (Å²) in [5, 5.41) is 11.6. The highest BCUT2D eigenvalue weighted by Gasteiger charge is 2.14. The average molecular weight is 546 g/mol. The van der Waals surface area contributed by atoms with Crippen LogP contribution in [-0.4, -0.2) is 28.4 Å². The van der Waals surface area contributed by atoms with Crippen LogP contribution in [0.2, 0.25) is 5.02 Å². The maximum absolute atomic E-state index is 12.6. The summed E-state index contributed by atoms with van der Waals surface area (Å²) in [6.45, 7) is 0.789. The first-order valence-electron chi connectivity index (χ1n) is 12.5. The van der Waals surface area contributed by atoms with Crippen molar-refractivity contribution >= 4 is 53.3 Å². The zero-order chi connectivity index (χ0) is 27.6. The quantitative estimate of drug-likeness (QED) is 0.287. The standard InChI is InChI=1S/C30H21BClN5O3/c31-22-17-35-37-28(13-24(36-29(22)37)20-5-1-3-7-23(20)32)33-15-18-9-11-19(12-10-18)16-34-30(39)27-14-25(38)21-6-2-4-8-26(21)40-27/h1-14,17,33H,15-16H2,(H,34,39). The number of anilines is 1. The SMILES string of the molecule is [B]c1cnn2c(NCc3ccc(CNC(=O)c4cc(=O)c5ccccc5o4)cc3)cc(-c3ccccc3Cl)nc12. The van der Waals surface area contributed by atoms with Gasteiger partial charge in [-0.3, -0.25) is 9.59 Å². The highest BCUT2D eigenvalue weighted by molar-refractivity contribution is 6.36. The minimum absolute atomic E-state index is 0.0244. The van der Waals surface area contributed by atoms with Crippen LogP contribution in [0.25, 0.3) is 27.9 Å². The minimum Gasteiger partial charge on any atom is -0.451 e. The fraction of sp³-hybridized carbons (Fsp3) is 0.0667. The molecule has 3 heterocycles. The smallest absolute Gasteiger partial charge is 0.287 e. The van der Waals surface area contributed by atoms with Crippen LogP contribution < -0.4 is 21.5 Å². The third kappa shape index (κ3) is 5.07. The number of hydrogen-bond acceptors (Lipinski definition) is 6. The number of para-hydroxylation sites is 1. The zero-order valence-electron chi connectivity index (χ0n) is 21.1. The molecule has 0 aliphatic rings. The van der Waals surface area contributed by atoms with Gasteiger partial charge in [-0.05, 0) is 34.8 Å². The van der Waals surface area contributed by atoms with Gasteiger partial charge >= 0.3 is 0 Å². The number of benzene rings is 3. The van der Waals surface area contributed by atoms with E-state index in [2.05, 4.69) is 20.7 Å². The van der Waals surface area contributed by atoms with E-state index in [9.17, 15) is 9.59 Å². The predicted octanol–water partition coefficient (Wildman–Crippen LogP) is 4.49. The molecular formula is C30H21BClN5O3. The number of hydrogen-bond donors (Lipinski definition) is 2. The molecule has 0 saturated carbocycles. The van der Waals surface area contributed by atoms with E-state index in [1.54, 1.807) is 35.0 Å². The van der Waals surface area contributed by atoms with Crippen molar-refractivity contribution in [2.24, 2.45) is 0 Å². The molecule has 0 unspecified atom stereocenters. The van der Waals surface area contributed by atoms with Crippen molar-refractivity contribution in [3.8, 4) is 11.3 Å². The molecule has 2 N–H and O–H groups in total. The second kappa shape index (κ2) is 10.7. The zero-order valence-corrected chi connectivity index (χ0v) is 21.9. The van der Waals surface area contributed by atoms with Crippen LogP contribution >= 0.6 is 11.6 Å². The van der Waals surface area contributed by atoms with E-state index in [1.165, 1.54) is 6.07 Å². The Bertz CT molecular complexity index is 1930. The minimum atomic E-state index is -0.455. The van der Waals surface area contributed by atoms with Crippen molar-refractivity contribution in [3.05, 3.63) is 123 Å². The molecule has 2 radical (unpaired) electrons. The molecule has 6 aromatic rings. The van der Waals surface area contributed by atoms with Gasteiger partial charge in [-0.2, -0.15) is 9.61 Å². The molecule has 0 aliphatic heterocycles. The number of amides is 1. The van der Waals surface area contributed by atoms with E-state index in [0.29, 0.717) is 45.2 Å². The first-order valence-corrected chi connectivity index (χ1v) is 12.9. The Morgan fingerprint density at radius 1 is 0.950 bits per heavy atom. The van der Waals surface area contributed by atoms with Crippen LogP contribution in [0, 0.1) is 0 Å². The molecule has 194 valence electrons. The summed E-state index contributed by atoms with van der Waals surface area (Å²) in [5.74, 6) is 0.233. The van der Waals surface area contributed by atoms with Crippen molar-refractivity contribution in [1.82, 2.24) is 19.9 Å². The molecule has 3 aromatic heterocycles. The first-order chi connectivity index (χ1) is 19.5. The van der Waals surface area contributed by atoms with Gasteiger partial charge in [0.15, 0.2) is 16.8 Å². The van der Waals surface area contributed by atoms with Gasteiger partial charge < -0.3 is 15.1 Å². The second-order valence-corrected chi connectivity index (χ2v) is 9.57. The van der Waals surface area contributed by atoms with Gasteiger partial charge in [-0.25, -0.2) is 4.98 Å². The Morgan fingerprint density at radius 2 is 1.68 bits per heavy atom. The number of halogens is 1. The third-order valence-electron chi connectivity index (χ3n) is 6.46. The lowest BCUT2D eigenvalue weighted by molar-refractivity contribution is 0.0923. The Hall–Kier alpha value is -4.89. The normalized spacial score (nSPS) is 11.1. The molecule has 0 spiro atoms. The van der Waals surface area contributed by atoms with Crippen LogP contribution in [-0.2, 0) is 13.1 Å².